The number of carbonyl (C=O) groups is 1. The molecule has 0 fully saturated rings. The first-order valence-corrected chi connectivity index (χ1v) is 6.78. The lowest BCUT2D eigenvalue weighted by molar-refractivity contribution is 0.102. The van der Waals surface area contributed by atoms with Gasteiger partial charge >= 0.3 is 0 Å². The summed E-state index contributed by atoms with van der Waals surface area (Å²) < 4.78 is 1.66. The number of fused-ring (bicyclic) bond motifs is 1. The fraction of sp³-hybridized carbons (Fsp3) is 0.133. The first kappa shape index (κ1) is 13.6. The van der Waals surface area contributed by atoms with Crippen molar-refractivity contribution in [1.82, 2.24) is 14.8 Å². The van der Waals surface area contributed by atoms with Gasteiger partial charge in [-0.2, -0.15) is 5.10 Å². The lowest BCUT2D eigenvalue weighted by Gasteiger charge is -2.07. The summed E-state index contributed by atoms with van der Waals surface area (Å²) in [5.41, 5.74) is 2.81. The number of rotatable bonds is 2. The summed E-state index contributed by atoms with van der Waals surface area (Å²) >= 11 is 6.26. The van der Waals surface area contributed by atoms with E-state index >= 15 is 0 Å². The number of halogens is 1. The third-order valence-electron chi connectivity index (χ3n) is 3.27. The first-order valence-electron chi connectivity index (χ1n) is 6.40. The molecule has 0 atom stereocenters. The summed E-state index contributed by atoms with van der Waals surface area (Å²) in [6, 6.07) is 7.53. The Bertz CT molecular complexity index is 824. The van der Waals surface area contributed by atoms with Crippen LogP contribution in [0.25, 0.3) is 10.9 Å². The quantitative estimate of drug-likeness (QED) is 0.790. The molecule has 0 saturated carbocycles. The van der Waals surface area contributed by atoms with Crippen molar-refractivity contribution in [3.05, 3.63) is 52.9 Å². The number of benzene rings is 1. The number of aromatic nitrogens is 3. The van der Waals surface area contributed by atoms with Crippen LogP contribution in [0.2, 0.25) is 5.02 Å². The van der Waals surface area contributed by atoms with Crippen molar-refractivity contribution in [2.75, 3.05) is 5.32 Å². The number of amides is 1. The van der Waals surface area contributed by atoms with E-state index in [-0.39, 0.29) is 11.6 Å². The van der Waals surface area contributed by atoms with E-state index in [1.807, 2.05) is 31.2 Å². The number of aryl methyl sites for hydroxylation is 2. The molecule has 1 N–H and O–H groups in total. The molecular formula is C15H13ClN4O. The highest BCUT2D eigenvalue weighted by atomic mass is 35.5. The number of nitrogens with one attached hydrogen (secondary N) is 1. The van der Waals surface area contributed by atoms with Crippen molar-refractivity contribution >= 4 is 34.1 Å². The number of pyridine rings is 1. The van der Waals surface area contributed by atoms with Crippen LogP contribution >= 0.6 is 11.6 Å². The fourth-order valence-electron chi connectivity index (χ4n) is 2.06. The van der Waals surface area contributed by atoms with Crippen LogP contribution in [0.5, 0.6) is 0 Å². The molecule has 3 rings (SSSR count). The molecule has 21 heavy (non-hydrogen) atoms. The molecule has 0 aliphatic heterocycles. The molecule has 2 aromatic heterocycles. The van der Waals surface area contributed by atoms with Gasteiger partial charge in [-0.3, -0.25) is 9.48 Å². The van der Waals surface area contributed by atoms with E-state index in [2.05, 4.69) is 15.4 Å². The smallest absolute Gasteiger partial charge is 0.275 e. The average molecular weight is 301 g/mol. The maximum atomic E-state index is 12.3. The van der Waals surface area contributed by atoms with Crippen LogP contribution in [-0.4, -0.2) is 20.7 Å². The Hall–Kier alpha value is -2.40. The summed E-state index contributed by atoms with van der Waals surface area (Å²) in [6.07, 6.45) is 3.22. The van der Waals surface area contributed by atoms with Crippen LogP contribution in [0.15, 0.2) is 36.7 Å². The minimum absolute atomic E-state index is 0.192. The predicted octanol–water partition coefficient (Wildman–Crippen LogP) is 3.18. The van der Waals surface area contributed by atoms with E-state index in [0.29, 0.717) is 16.1 Å². The van der Waals surface area contributed by atoms with Gasteiger partial charge in [-0.05, 0) is 19.1 Å². The first-order chi connectivity index (χ1) is 10.1. The standard InChI is InChI=1S/C15H13ClN4O/c1-9-3-5-10(6-4-9)19-15(21)14-13(16)11-7-18-20(2)12(11)8-17-14/h3-8H,1-2H3,(H,19,21). The second-order valence-corrected chi connectivity index (χ2v) is 5.19. The summed E-state index contributed by atoms with van der Waals surface area (Å²) in [5.74, 6) is -0.338. The van der Waals surface area contributed by atoms with E-state index < -0.39 is 0 Å². The minimum Gasteiger partial charge on any atom is -0.321 e. The van der Waals surface area contributed by atoms with Crippen LogP contribution in [0, 0.1) is 6.92 Å². The Morgan fingerprint density at radius 3 is 2.67 bits per heavy atom. The lowest BCUT2D eigenvalue weighted by atomic mass is 10.2. The maximum absolute atomic E-state index is 12.3. The van der Waals surface area contributed by atoms with Gasteiger partial charge in [0.25, 0.3) is 5.91 Å². The number of carbonyl (C=O) groups excluding carboxylic acids is 1. The molecule has 2 heterocycles. The Labute approximate surface area is 126 Å². The fourth-order valence-corrected chi connectivity index (χ4v) is 2.34. The van der Waals surface area contributed by atoms with Gasteiger partial charge in [0.2, 0.25) is 0 Å². The highest BCUT2D eigenvalue weighted by molar-refractivity contribution is 6.38. The van der Waals surface area contributed by atoms with Crippen LogP contribution in [0.1, 0.15) is 16.1 Å². The Morgan fingerprint density at radius 1 is 1.24 bits per heavy atom. The third-order valence-corrected chi connectivity index (χ3v) is 3.65. The van der Waals surface area contributed by atoms with Crippen LogP contribution < -0.4 is 5.32 Å². The van der Waals surface area contributed by atoms with Crippen molar-refractivity contribution in [3.8, 4) is 0 Å². The highest BCUT2D eigenvalue weighted by Crippen LogP contribution is 2.25. The SMILES string of the molecule is Cc1ccc(NC(=O)c2ncc3c(cnn3C)c2Cl)cc1. The molecule has 106 valence electrons. The van der Waals surface area contributed by atoms with Crippen LogP contribution in [-0.2, 0) is 7.05 Å². The molecule has 0 radical (unpaired) electrons. The predicted molar refractivity (Wildman–Crippen MR) is 82.7 cm³/mol. The van der Waals surface area contributed by atoms with Crippen molar-refractivity contribution < 1.29 is 4.79 Å². The van der Waals surface area contributed by atoms with Gasteiger partial charge in [0.15, 0.2) is 0 Å². The summed E-state index contributed by atoms with van der Waals surface area (Å²) in [7, 11) is 1.80. The largest absolute Gasteiger partial charge is 0.321 e. The molecule has 0 aliphatic rings. The van der Waals surface area contributed by atoms with E-state index in [0.717, 1.165) is 11.1 Å². The molecule has 0 aliphatic carbocycles. The maximum Gasteiger partial charge on any atom is 0.275 e. The zero-order valence-corrected chi connectivity index (χ0v) is 12.3. The molecule has 1 amide bonds. The molecule has 0 spiro atoms. The van der Waals surface area contributed by atoms with Gasteiger partial charge in [-0.15, -0.1) is 0 Å². The van der Waals surface area contributed by atoms with Crippen molar-refractivity contribution in [2.24, 2.45) is 7.05 Å². The summed E-state index contributed by atoms with van der Waals surface area (Å²) in [6.45, 7) is 1.99. The molecule has 1 aromatic carbocycles. The minimum atomic E-state index is -0.338. The van der Waals surface area contributed by atoms with Gasteiger partial charge in [0.05, 0.1) is 22.9 Å². The molecule has 6 heteroatoms. The molecular weight excluding hydrogens is 288 g/mol. The zero-order valence-electron chi connectivity index (χ0n) is 11.6. The topological polar surface area (TPSA) is 59.8 Å². The Balaban J connectivity index is 1.94. The van der Waals surface area contributed by atoms with Gasteiger partial charge in [-0.1, -0.05) is 29.3 Å². The van der Waals surface area contributed by atoms with Gasteiger partial charge < -0.3 is 5.32 Å². The monoisotopic (exact) mass is 300 g/mol. The lowest BCUT2D eigenvalue weighted by Crippen LogP contribution is -2.14. The second kappa shape index (κ2) is 5.18. The third kappa shape index (κ3) is 2.48. The molecule has 3 aromatic rings. The van der Waals surface area contributed by atoms with Gasteiger partial charge in [0.1, 0.15) is 5.69 Å². The van der Waals surface area contributed by atoms with Gasteiger partial charge in [-0.25, -0.2) is 4.98 Å². The zero-order chi connectivity index (χ0) is 15.0. The Morgan fingerprint density at radius 2 is 1.95 bits per heavy atom. The van der Waals surface area contributed by atoms with Gasteiger partial charge in [0, 0.05) is 18.1 Å². The van der Waals surface area contributed by atoms with Crippen molar-refractivity contribution in [1.29, 1.82) is 0 Å². The van der Waals surface area contributed by atoms with Crippen molar-refractivity contribution in [2.45, 2.75) is 6.92 Å². The molecule has 0 bridgehead atoms. The van der Waals surface area contributed by atoms with E-state index in [1.54, 1.807) is 24.1 Å². The van der Waals surface area contributed by atoms with E-state index in [1.165, 1.54) is 0 Å². The number of nitrogens with zero attached hydrogens (tertiary/aromatic N) is 3. The Kier molecular flexibility index (Phi) is 3.35. The number of anilines is 1. The molecule has 0 unspecified atom stereocenters. The molecule has 0 saturated heterocycles. The van der Waals surface area contributed by atoms with E-state index in [4.69, 9.17) is 11.6 Å². The van der Waals surface area contributed by atoms with Crippen LogP contribution in [0.4, 0.5) is 5.69 Å². The number of hydrogen-bond donors (Lipinski definition) is 1. The average Bonchev–Trinajstić information content (AvgIpc) is 2.84. The number of hydrogen-bond acceptors (Lipinski definition) is 3. The van der Waals surface area contributed by atoms with Crippen molar-refractivity contribution in [3.63, 3.8) is 0 Å². The normalized spacial score (nSPS) is 10.8. The summed E-state index contributed by atoms with van der Waals surface area (Å²) in [5, 5.41) is 7.92. The van der Waals surface area contributed by atoms with Crippen LogP contribution in [0.3, 0.4) is 0 Å². The summed E-state index contributed by atoms with van der Waals surface area (Å²) in [4.78, 5) is 16.4. The molecule has 5 nitrogen and oxygen atoms in total. The van der Waals surface area contributed by atoms with E-state index in [9.17, 15) is 4.79 Å². The highest BCUT2D eigenvalue weighted by Gasteiger charge is 2.16. The second-order valence-electron chi connectivity index (χ2n) is 4.81.